The molecule has 1 unspecified atom stereocenters. The lowest BCUT2D eigenvalue weighted by molar-refractivity contribution is 0.138. The van der Waals surface area contributed by atoms with Crippen molar-refractivity contribution in [2.45, 2.75) is 58.5 Å². The van der Waals surface area contributed by atoms with E-state index >= 15 is 0 Å². The van der Waals surface area contributed by atoms with Gasteiger partial charge in [-0.2, -0.15) is 5.10 Å². The Kier molecular flexibility index (Phi) is 4.45. The zero-order chi connectivity index (χ0) is 13.2. The van der Waals surface area contributed by atoms with Gasteiger partial charge in [0.1, 0.15) is 0 Å². The van der Waals surface area contributed by atoms with Crippen molar-refractivity contribution in [1.29, 1.82) is 0 Å². The molecule has 1 atom stereocenters. The van der Waals surface area contributed by atoms with Gasteiger partial charge < -0.3 is 0 Å². The van der Waals surface area contributed by atoms with Crippen molar-refractivity contribution < 1.29 is 0 Å². The van der Waals surface area contributed by atoms with E-state index in [1.807, 2.05) is 10.9 Å². The van der Waals surface area contributed by atoms with Gasteiger partial charge in [0.2, 0.25) is 0 Å². The molecule has 0 amide bonds. The van der Waals surface area contributed by atoms with Crippen LogP contribution in [0.15, 0.2) is 10.7 Å². The average Bonchev–Trinajstić information content (AvgIpc) is 2.73. The van der Waals surface area contributed by atoms with E-state index in [9.17, 15) is 0 Å². The third-order valence-corrected chi connectivity index (χ3v) is 4.88. The van der Waals surface area contributed by atoms with Crippen LogP contribution in [0.2, 0.25) is 0 Å². The van der Waals surface area contributed by atoms with E-state index in [0.717, 1.165) is 11.0 Å². The minimum absolute atomic E-state index is 0.162. The van der Waals surface area contributed by atoms with E-state index in [4.69, 9.17) is 5.84 Å². The van der Waals surface area contributed by atoms with Gasteiger partial charge in [-0.3, -0.25) is 16.0 Å². The fourth-order valence-corrected chi connectivity index (χ4v) is 3.69. The number of halogens is 1. The minimum Gasteiger partial charge on any atom is -0.271 e. The molecule has 4 nitrogen and oxygen atoms in total. The minimum atomic E-state index is 0.162. The Morgan fingerprint density at radius 3 is 2.72 bits per heavy atom. The summed E-state index contributed by atoms with van der Waals surface area (Å²) in [5.41, 5.74) is 4.45. The van der Waals surface area contributed by atoms with Gasteiger partial charge >= 0.3 is 0 Å². The second kappa shape index (κ2) is 5.72. The lowest BCUT2D eigenvalue weighted by Gasteiger charge is -2.40. The Morgan fingerprint density at radius 2 is 2.17 bits per heavy atom. The number of rotatable bonds is 4. The summed E-state index contributed by atoms with van der Waals surface area (Å²) >= 11 is 3.61. The predicted octanol–water partition coefficient (Wildman–Crippen LogP) is 3.14. The van der Waals surface area contributed by atoms with Gasteiger partial charge in [0.05, 0.1) is 22.4 Å². The van der Waals surface area contributed by atoms with Crippen molar-refractivity contribution in [3.8, 4) is 0 Å². The van der Waals surface area contributed by atoms with Crippen molar-refractivity contribution in [3.05, 3.63) is 16.4 Å². The maximum Gasteiger partial charge on any atom is 0.0714 e. The number of aromatic nitrogens is 2. The molecule has 2 rings (SSSR count). The first kappa shape index (κ1) is 14.0. The van der Waals surface area contributed by atoms with Crippen molar-refractivity contribution in [2.75, 3.05) is 0 Å². The van der Waals surface area contributed by atoms with Crippen molar-refractivity contribution >= 4 is 15.9 Å². The molecule has 0 spiro atoms. The predicted molar refractivity (Wildman–Crippen MR) is 76.9 cm³/mol. The lowest BCUT2D eigenvalue weighted by Crippen LogP contribution is -2.42. The van der Waals surface area contributed by atoms with Gasteiger partial charge in [0, 0.05) is 6.54 Å². The Hall–Kier alpha value is -0.390. The summed E-state index contributed by atoms with van der Waals surface area (Å²) in [4.78, 5) is 0. The van der Waals surface area contributed by atoms with Crippen LogP contribution < -0.4 is 11.3 Å². The van der Waals surface area contributed by atoms with Crippen molar-refractivity contribution in [1.82, 2.24) is 15.2 Å². The van der Waals surface area contributed by atoms with Gasteiger partial charge in [0.25, 0.3) is 0 Å². The normalized spacial score (nSPS) is 20.9. The fourth-order valence-electron chi connectivity index (χ4n) is 3.17. The van der Waals surface area contributed by atoms with Crippen molar-refractivity contribution in [2.24, 2.45) is 11.3 Å². The third kappa shape index (κ3) is 2.49. The Labute approximate surface area is 117 Å². The molecule has 0 saturated heterocycles. The molecule has 0 aromatic carbocycles. The quantitative estimate of drug-likeness (QED) is 0.663. The monoisotopic (exact) mass is 314 g/mol. The van der Waals surface area contributed by atoms with E-state index in [1.165, 1.54) is 37.8 Å². The van der Waals surface area contributed by atoms with Crippen LogP contribution in [0.25, 0.3) is 0 Å². The van der Waals surface area contributed by atoms with Crippen LogP contribution in [0.1, 0.15) is 57.7 Å². The average molecular weight is 315 g/mol. The molecule has 3 N–H and O–H groups in total. The van der Waals surface area contributed by atoms with Crippen LogP contribution in [0, 0.1) is 5.41 Å². The third-order valence-electron chi connectivity index (χ3n) is 4.27. The molecule has 102 valence electrons. The summed E-state index contributed by atoms with van der Waals surface area (Å²) in [6.07, 6.45) is 8.27. The molecular weight excluding hydrogens is 292 g/mol. The van der Waals surface area contributed by atoms with E-state index in [-0.39, 0.29) is 11.5 Å². The van der Waals surface area contributed by atoms with Crippen LogP contribution in [0.3, 0.4) is 0 Å². The summed E-state index contributed by atoms with van der Waals surface area (Å²) < 4.78 is 3.09. The number of hydrogen-bond donors (Lipinski definition) is 2. The fraction of sp³-hybridized carbons (Fsp3) is 0.769. The Morgan fingerprint density at radius 1 is 1.50 bits per heavy atom. The molecule has 1 aromatic heterocycles. The zero-order valence-electron chi connectivity index (χ0n) is 11.2. The first-order valence-corrected chi connectivity index (χ1v) is 7.59. The van der Waals surface area contributed by atoms with Gasteiger partial charge in [-0.05, 0) is 41.1 Å². The number of nitrogens with two attached hydrogens (primary N) is 1. The highest BCUT2D eigenvalue weighted by Gasteiger charge is 2.38. The maximum atomic E-state index is 5.86. The van der Waals surface area contributed by atoms with Gasteiger partial charge in [-0.25, -0.2) is 0 Å². The molecule has 1 aliphatic carbocycles. The molecule has 0 radical (unpaired) electrons. The standard InChI is InChI=1S/C13H23BrN4/c1-3-18-11(10(14)9-16-18)12(17-15)13(2)7-5-4-6-8-13/h9,12,17H,3-8,15H2,1-2H3. The van der Waals surface area contributed by atoms with E-state index in [0.29, 0.717) is 0 Å². The Balaban J connectivity index is 2.34. The highest BCUT2D eigenvalue weighted by molar-refractivity contribution is 9.10. The molecule has 1 saturated carbocycles. The largest absolute Gasteiger partial charge is 0.271 e. The summed E-state index contributed by atoms with van der Waals surface area (Å²) in [6.45, 7) is 5.32. The number of aryl methyl sites for hydroxylation is 1. The first-order chi connectivity index (χ1) is 8.62. The number of hydrogen-bond acceptors (Lipinski definition) is 3. The van der Waals surface area contributed by atoms with Crippen LogP contribution in [0.5, 0.6) is 0 Å². The van der Waals surface area contributed by atoms with Gasteiger partial charge in [0.15, 0.2) is 0 Å². The summed E-state index contributed by atoms with van der Waals surface area (Å²) in [6, 6.07) is 0.162. The van der Waals surface area contributed by atoms with Crippen LogP contribution in [0.4, 0.5) is 0 Å². The molecule has 0 bridgehead atoms. The van der Waals surface area contributed by atoms with Crippen LogP contribution in [-0.2, 0) is 6.54 Å². The maximum absolute atomic E-state index is 5.86. The molecule has 1 heterocycles. The second-order valence-electron chi connectivity index (χ2n) is 5.51. The molecule has 1 aliphatic rings. The van der Waals surface area contributed by atoms with Gasteiger partial charge in [-0.15, -0.1) is 0 Å². The molecule has 5 heteroatoms. The van der Waals surface area contributed by atoms with E-state index in [1.54, 1.807) is 0 Å². The van der Waals surface area contributed by atoms with Gasteiger partial charge in [-0.1, -0.05) is 26.2 Å². The molecule has 0 aliphatic heterocycles. The van der Waals surface area contributed by atoms with Crippen LogP contribution in [-0.4, -0.2) is 9.78 Å². The number of nitrogens with one attached hydrogen (secondary N) is 1. The van der Waals surface area contributed by atoms with Crippen molar-refractivity contribution in [3.63, 3.8) is 0 Å². The lowest BCUT2D eigenvalue weighted by atomic mass is 9.70. The molecule has 18 heavy (non-hydrogen) atoms. The number of nitrogens with zero attached hydrogens (tertiary/aromatic N) is 2. The molecular formula is C13H23BrN4. The van der Waals surface area contributed by atoms with Crippen LogP contribution >= 0.6 is 15.9 Å². The summed E-state index contributed by atoms with van der Waals surface area (Å²) in [5, 5.41) is 4.40. The number of hydrazine groups is 1. The van der Waals surface area contributed by atoms with E-state index in [2.05, 4.69) is 40.3 Å². The summed E-state index contributed by atoms with van der Waals surface area (Å²) in [7, 11) is 0. The molecule has 1 aromatic rings. The zero-order valence-corrected chi connectivity index (χ0v) is 12.8. The molecule has 1 fully saturated rings. The second-order valence-corrected chi connectivity index (χ2v) is 6.36. The highest BCUT2D eigenvalue weighted by Crippen LogP contribution is 2.46. The summed E-state index contributed by atoms with van der Waals surface area (Å²) in [5.74, 6) is 5.86. The first-order valence-electron chi connectivity index (χ1n) is 6.79. The van der Waals surface area contributed by atoms with E-state index < -0.39 is 0 Å². The highest BCUT2D eigenvalue weighted by atomic mass is 79.9. The Bertz CT molecular complexity index is 396. The topological polar surface area (TPSA) is 55.9 Å². The SMILES string of the molecule is CCn1ncc(Br)c1C(NN)C1(C)CCCCC1. The smallest absolute Gasteiger partial charge is 0.0714 e.